The number of hydrogen-bond donors (Lipinski definition) is 2. The second-order valence-electron chi connectivity index (χ2n) is 5.13. The lowest BCUT2D eigenvalue weighted by molar-refractivity contribution is 0.132. The highest BCUT2D eigenvalue weighted by molar-refractivity contribution is 7.85. The van der Waals surface area contributed by atoms with Crippen LogP contribution in [0.25, 0.3) is 0 Å². The summed E-state index contributed by atoms with van der Waals surface area (Å²) in [5, 5.41) is 12.4. The molecule has 3 rings (SSSR count). The maximum atomic E-state index is 12.1. The topological polar surface area (TPSA) is 95.4 Å². The fourth-order valence-corrected chi connectivity index (χ4v) is 4.23. The van der Waals surface area contributed by atoms with Gasteiger partial charge in [-0.15, -0.1) is 0 Å². The van der Waals surface area contributed by atoms with Crippen LogP contribution in [-0.2, 0) is 17.2 Å². The third-order valence-corrected chi connectivity index (χ3v) is 5.32. The van der Waals surface area contributed by atoms with Crippen LogP contribution >= 0.6 is 11.6 Å². The van der Waals surface area contributed by atoms with E-state index in [4.69, 9.17) is 16.7 Å². The molecule has 7 nitrogen and oxygen atoms in total. The largest absolute Gasteiger partial charge is 0.465 e. The zero-order valence-corrected chi connectivity index (χ0v) is 12.8. The summed E-state index contributed by atoms with van der Waals surface area (Å²) in [5.74, 6) is 1.02. The zero-order valence-electron chi connectivity index (χ0n) is 11.2. The summed E-state index contributed by atoms with van der Waals surface area (Å²) in [4.78, 5) is 21.3. The number of piperidine rings is 1. The molecule has 2 aliphatic rings. The van der Waals surface area contributed by atoms with E-state index >= 15 is 0 Å². The Morgan fingerprint density at radius 3 is 3.05 bits per heavy atom. The van der Waals surface area contributed by atoms with E-state index in [1.807, 2.05) is 0 Å². The number of halogens is 1. The van der Waals surface area contributed by atoms with Gasteiger partial charge < -0.3 is 15.3 Å². The quantitative estimate of drug-likeness (QED) is 0.795. The summed E-state index contributed by atoms with van der Waals surface area (Å²) in [6.45, 7) is 0.931. The Labute approximate surface area is 129 Å². The maximum absolute atomic E-state index is 12.1. The van der Waals surface area contributed by atoms with Crippen LogP contribution in [0.3, 0.4) is 0 Å². The number of amides is 1. The first-order valence-corrected chi connectivity index (χ1v) is 8.43. The van der Waals surface area contributed by atoms with Crippen LogP contribution in [-0.4, -0.2) is 55.2 Å². The zero-order chi connectivity index (χ0) is 15.0. The second kappa shape index (κ2) is 5.76. The molecule has 2 N–H and O–H groups in total. The van der Waals surface area contributed by atoms with Crippen molar-refractivity contribution in [3.63, 3.8) is 0 Å². The molecule has 2 atom stereocenters. The number of carbonyl (C=O) groups is 1. The van der Waals surface area contributed by atoms with Gasteiger partial charge in [-0.1, -0.05) is 0 Å². The molecule has 9 heteroatoms. The number of anilines is 1. The molecule has 0 saturated carbocycles. The Morgan fingerprint density at radius 1 is 1.48 bits per heavy atom. The molecule has 21 heavy (non-hydrogen) atoms. The molecule has 0 aliphatic carbocycles. The summed E-state index contributed by atoms with van der Waals surface area (Å²) < 4.78 is 12.1. The molecule has 0 spiro atoms. The van der Waals surface area contributed by atoms with Gasteiger partial charge in [-0.25, -0.2) is 9.78 Å². The summed E-state index contributed by atoms with van der Waals surface area (Å²) >= 11 is 5.91. The molecule has 1 aromatic heterocycles. The number of nitrogens with zero attached hydrogens (tertiary/aromatic N) is 3. The molecule has 0 unspecified atom stereocenters. The molecule has 2 aliphatic heterocycles. The van der Waals surface area contributed by atoms with Gasteiger partial charge >= 0.3 is 6.09 Å². The van der Waals surface area contributed by atoms with E-state index in [1.165, 1.54) is 4.90 Å². The van der Waals surface area contributed by atoms with Crippen molar-refractivity contribution in [1.29, 1.82) is 0 Å². The van der Waals surface area contributed by atoms with Crippen molar-refractivity contribution in [2.75, 3.05) is 24.2 Å². The molecule has 1 fully saturated rings. The molecule has 0 aromatic carbocycles. The Morgan fingerprint density at radius 2 is 2.29 bits per heavy atom. The van der Waals surface area contributed by atoms with Gasteiger partial charge in [0.25, 0.3) is 0 Å². The predicted octanol–water partition coefficient (Wildman–Crippen LogP) is 1.35. The molecule has 1 amide bonds. The molecule has 0 radical (unpaired) electrons. The second-order valence-corrected chi connectivity index (χ2v) is 6.97. The first kappa shape index (κ1) is 14.5. The number of fused-ring (bicyclic) bond motifs is 1. The number of likely N-dealkylation sites (tertiary alicyclic amines) is 1. The molecular weight excluding hydrogens is 316 g/mol. The Kier molecular flexibility index (Phi) is 3.99. The summed E-state index contributed by atoms with van der Waals surface area (Å²) in [6, 6.07) is -0.0532. The van der Waals surface area contributed by atoms with E-state index < -0.39 is 16.9 Å². The fourth-order valence-electron chi connectivity index (χ4n) is 2.73. The lowest BCUT2D eigenvalue weighted by Gasteiger charge is -2.31. The van der Waals surface area contributed by atoms with E-state index in [9.17, 15) is 9.00 Å². The van der Waals surface area contributed by atoms with Crippen LogP contribution in [0.5, 0.6) is 0 Å². The van der Waals surface area contributed by atoms with Gasteiger partial charge in [0, 0.05) is 31.3 Å². The standard InChI is InChI=1S/C12H15ClN4O3S/c13-11-15-8-3-5-21(20)9(8)10(16-11)14-7-2-1-4-17(6-7)12(18)19/h7H,1-6H2,(H,18,19)(H,14,15,16)/t7-,21+/m0/s1. The normalized spacial score (nSPS) is 24.7. The molecule has 3 heterocycles. The number of nitrogens with one attached hydrogen (secondary N) is 1. The number of aromatic nitrogens is 2. The molecule has 1 aromatic rings. The minimum Gasteiger partial charge on any atom is -0.465 e. The van der Waals surface area contributed by atoms with Crippen molar-refractivity contribution < 1.29 is 14.1 Å². The van der Waals surface area contributed by atoms with Crippen molar-refractivity contribution in [3.05, 3.63) is 11.0 Å². The van der Waals surface area contributed by atoms with E-state index in [2.05, 4.69) is 15.3 Å². The number of aryl methyl sites for hydroxylation is 1. The van der Waals surface area contributed by atoms with Crippen molar-refractivity contribution >= 4 is 34.3 Å². The van der Waals surface area contributed by atoms with Crippen molar-refractivity contribution in [1.82, 2.24) is 14.9 Å². The minimum atomic E-state index is -1.12. The van der Waals surface area contributed by atoms with E-state index in [-0.39, 0.29) is 11.3 Å². The van der Waals surface area contributed by atoms with Crippen LogP contribution in [0, 0.1) is 0 Å². The first-order chi connectivity index (χ1) is 10.0. The molecular formula is C12H15ClN4O3S. The van der Waals surface area contributed by atoms with E-state index in [0.29, 0.717) is 36.0 Å². The van der Waals surface area contributed by atoms with Gasteiger partial charge in [0.15, 0.2) is 0 Å². The van der Waals surface area contributed by atoms with Crippen LogP contribution in [0.2, 0.25) is 5.28 Å². The lowest BCUT2D eigenvalue weighted by Crippen LogP contribution is -2.44. The number of hydrogen-bond acceptors (Lipinski definition) is 5. The fraction of sp³-hybridized carbons (Fsp3) is 0.583. The average molecular weight is 331 g/mol. The van der Waals surface area contributed by atoms with Gasteiger partial charge in [-0.05, 0) is 24.4 Å². The smallest absolute Gasteiger partial charge is 0.407 e. The van der Waals surface area contributed by atoms with Crippen LogP contribution in [0.15, 0.2) is 4.90 Å². The van der Waals surface area contributed by atoms with Crippen LogP contribution in [0.1, 0.15) is 18.5 Å². The van der Waals surface area contributed by atoms with E-state index in [1.54, 1.807) is 0 Å². The third kappa shape index (κ3) is 2.96. The Bertz CT molecular complexity index is 612. The summed E-state index contributed by atoms with van der Waals surface area (Å²) in [5.41, 5.74) is 0.724. The lowest BCUT2D eigenvalue weighted by atomic mass is 10.1. The SMILES string of the molecule is O=C(O)N1CCC[C@H](Nc2nc(Cl)nc3c2[S@](=O)CC3)C1. The molecule has 0 bridgehead atoms. The Hall–Kier alpha value is -1.41. The monoisotopic (exact) mass is 330 g/mol. The average Bonchev–Trinajstić information content (AvgIpc) is 2.80. The summed E-state index contributed by atoms with van der Waals surface area (Å²) in [7, 11) is -1.12. The maximum Gasteiger partial charge on any atom is 0.407 e. The molecule has 1 saturated heterocycles. The van der Waals surface area contributed by atoms with Gasteiger partial charge in [0.2, 0.25) is 5.28 Å². The Balaban J connectivity index is 1.82. The van der Waals surface area contributed by atoms with Gasteiger partial charge in [-0.3, -0.25) is 4.21 Å². The summed E-state index contributed by atoms with van der Waals surface area (Å²) in [6.07, 6.45) is 1.34. The highest BCUT2D eigenvalue weighted by Gasteiger charge is 2.29. The number of rotatable bonds is 2. The van der Waals surface area contributed by atoms with Crippen LogP contribution < -0.4 is 5.32 Å². The first-order valence-electron chi connectivity index (χ1n) is 6.74. The highest BCUT2D eigenvalue weighted by Crippen LogP contribution is 2.30. The van der Waals surface area contributed by atoms with Crippen molar-refractivity contribution in [2.24, 2.45) is 0 Å². The van der Waals surface area contributed by atoms with Crippen LogP contribution in [0.4, 0.5) is 10.6 Å². The third-order valence-electron chi connectivity index (χ3n) is 3.69. The van der Waals surface area contributed by atoms with Crippen molar-refractivity contribution in [3.8, 4) is 0 Å². The van der Waals surface area contributed by atoms with E-state index in [0.717, 1.165) is 18.5 Å². The minimum absolute atomic E-state index is 0.0532. The van der Waals surface area contributed by atoms with Crippen molar-refractivity contribution in [2.45, 2.75) is 30.2 Å². The molecule has 114 valence electrons. The highest BCUT2D eigenvalue weighted by atomic mass is 35.5. The number of carboxylic acid groups (broad SMARTS) is 1. The van der Waals surface area contributed by atoms with Gasteiger partial charge in [0.05, 0.1) is 16.5 Å². The predicted molar refractivity (Wildman–Crippen MR) is 78.3 cm³/mol. The van der Waals surface area contributed by atoms with Gasteiger partial charge in [0.1, 0.15) is 10.7 Å². The van der Waals surface area contributed by atoms with Gasteiger partial charge in [-0.2, -0.15) is 4.98 Å².